The molecule has 2 unspecified atom stereocenters. The zero-order valence-electron chi connectivity index (χ0n) is 9.68. The maximum Gasteiger partial charge on any atom is 0.152 e. The highest BCUT2D eigenvalue weighted by Gasteiger charge is 2.47. The lowest BCUT2D eigenvalue weighted by atomic mass is 9.97. The number of likely N-dealkylation sites (tertiary alicyclic amines) is 1. The first-order valence-corrected chi connectivity index (χ1v) is 7.52. The van der Waals surface area contributed by atoms with E-state index in [2.05, 4.69) is 4.90 Å². The smallest absolute Gasteiger partial charge is 0.152 e. The Hall–Kier alpha value is -0.170. The van der Waals surface area contributed by atoms with Crippen LogP contribution in [0.25, 0.3) is 0 Å². The predicted octanol–water partition coefficient (Wildman–Crippen LogP) is -0.777. The Labute approximate surface area is 96.9 Å². The topological polar surface area (TPSA) is 72.6 Å². The van der Waals surface area contributed by atoms with Crippen LogP contribution >= 0.6 is 0 Å². The van der Waals surface area contributed by atoms with Crippen LogP contribution < -0.4 is 5.73 Å². The van der Waals surface area contributed by atoms with Crippen molar-refractivity contribution < 1.29 is 13.2 Å². The molecule has 0 spiro atoms. The molecule has 0 saturated carbocycles. The van der Waals surface area contributed by atoms with E-state index in [0.29, 0.717) is 13.0 Å². The molecule has 0 aromatic rings. The second-order valence-electron chi connectivity index (χ2n) is 4.86. The minimum absolute atomic E-state index is 0.215. The van der Waals surface area contributed by atoms with E-state index < -0.39 is 9.84 Å². The number of nitrogens with two attached hydrogens (primary N) is 1. The number of methoxy groups -OCH3 is 1. The van der Waals surface area contributed by atoms with Crippen molar-refractivity contribution in [1.29, 1.82) is 0 Å². The lowest BCUT2D eigenvalue weighted by Crippen LogP contribution is -2.54. The summed E-state index contributed by atoms with van der Waals surface area (Å²) >= 11 is 0. The molecule has 2 rings (SSSR count). The van der Waals surface area contributed by atoms with Crippen LogP contribution in [0.15, 0.2) is 0 Å². The summed E-state index contributed by atoms with van der Waals surface area (Å²) in [5.74, 6) is 0.491. The van der Waals surface area contributed by atoms with Crippen molar-refractivity contribution >= 4 is 9.84 Å². The molecule has 2 N–H and O–H groups in total. The van der Waals surface area contributed by atoms with Gasteiger partial charge in [0.2, 0.25) is 0 Å². The fraction of sp³-hybridized carbons (Fsp3) is 1.00. The molecule has 0 aliphatic carbocycles. The second-order valence-corrected chi connectivity index (χ2v) is 7.05. The van der Waals surface area contributed by atoms with E-state index in [4.69, 9.17) is 10.5 Å². The van der Waals surface area contributed by atoms with E-state index in [1.807, 2.05) is 0 Å². The molecule has 2 aliphatic heterocycles. The summed E-state index contributed by atoms with van der Waals surface area (Å²) in [6.45, 7) is 2.12. The molecule has 94 valence electrons. The molecule has 2 heterocycles. The van der Waals surface area contributed by atoms with E-state index in [1.54, 1.807) is 7.11 Å². The summed E-state index contributed by atoms with van der Waals surface area (Å²) in [6, 6.07) is 0. The van der Waals surface area contributed by atoms with Gasteiger partial charge in [-0.15, -0.1) is 0 Å². The third kappa shape index (κ3) is 2.11. The van der Waals surface area contributed by atoms with E-state index >= 15 is 0 Å². The highest BCUT2D eigenvalue weighted by Crippen LogP contribution is 2.32. The van der Waals surface area contributed by atoms with Gasteiger partial charge in [0.25, 0.3) is 0 Å². The van der Waals surface area contributed by atoms with Crippen LogP contribution in [0.3, 0.4) is 0 Å². The van der Waals surface area contributed by atoms with Gasteiger partial charge in [-0.1, -0.05) is 0 Å². The molecule has 0 aromatic heterocycles. The minimum Gasteiger partial charge on any atom is -0.380 e. The zero-order valence-corrected chi connectivity index (χ0v) is 10.5. The van der Waals surface area contributed by atoms with Gasteiger partial charge < -0.3 is 10.5 Å². The fourth-order valence-electron chi connectivity index (χ4n) is 2.79. The molecule has 2 aliphatic rings. The maximum atomic E-state index is 11.6. The van der Waals surface area contributed by atoms with Crippen LogP contribution in [-0.2, 0) is 14.6 Å². The SMILES string of the molecule is COC1CCN(C2(CN)CCS(=O)(=O)C2)C1. The Kier molecular flexibility index (Phi) is 3.27. The van der Waals surface area contributed by atoms with E-state index in [0.717, 1.165) is 19.5 Å². The normalized spacial score (nSPS) is 39.2. The Morgan fingerprint density at radius 1 is 1.56 bits per heavy atom. The number of hydrogen-bond donors (Lipinski definition) is 1. The predicted molar refractivity (Wildman–Crippen MR) is 62.0 cm³/mol. The van der Waals surface area contributed by atoms with Crippen molar-refractivity contribution in [3.8, 4) is 0 Å². The molecule has 0 aromatic carbocycles. The van der Waals surface area contributed by atoms with E-state index in [1.165, 1.54) is 0 Å². The second kappa shape index (κ2) is 4.25. The van der Waals surface area contributed by atoms with Crippen LogP contribution in [0, 0.1) is 0 Å². The summed E-state index contributed by atoms with van der Waals surface area (Å²) in [4.78, 5) is 2.21. The Balaban J connectivity index is 2.12. The summed E-state index contributed by atoms with van der Waals surface area (Å²) in [6.07, 6.45) is 1.87. The van der Waals surface area contributed by atoms with Crippen molar-refractivity contribution in [3.05, 3.63) is 0 Å². The first kappa shape index (κ1) is 12.3. The quantitative estimate of drug-likeness (QED) is 0.709. The summed E-state index contributed by atoms with van der Waals surface area (Å²) < 4.78 is 28.5. The molecule has 6 heteroatoms. The largest absolute Gasteiger partial charge is 0.380 e. The highest BCUT2D eigenvalue weighted by molar-refractivity contribution is 7.91. The number of sulfone groups is 1. The fourth-order valence-corrected chi connectivity index (χ4v) is 4.89. The number of rotatable bonds is 3. The number of ether oxygens (including phenoxy) is 1. The number of hydrogen-bond acceptors (Lipinski definition) is 5. The first-order valence-electron chi connectivity index (χ1n) is 5.70. The van der Waals surface area contributed by atoms with Crippen molar-refractivity contribution in [1.82, 2.24) is 4.90 Å². The van der Waals surface area contributed by atoms with Gasteiger partial charge in [0, 0.05) is 32.3 Å². The average Bonchev–Trinajstić information content (AvgIpc) is 2.83. The first-order chi connectivity index (χ1) is 7.51. The standard InChI is InChI=1S/C10H20N2O3S/c1-15-9-2-4-12(6-9)10(7-11)3-5-16(13,14)8-10/h9H,2-8,11H2,1H3. The van der Waals surface area contributed by atoms with Crippen molar-refractivity contribution in [3.63, 3.8) is 0 Å². The molecule has 0 bridgehead atoms. The van der Waals surface area contributed by atoms with Crippen LogP contribution in [0.5, 0.6) is 0 Å². The molecule has 2 fully saturated rings. The molecule has 5 nitrogen and oxygen atoms in total. The van der Waals surface area contributed by atoms with Crippen molar-refractivity contribution in [2.45, 2.75) is 24.5 Å². The van der Waals surface area contributed by atoms with Gasteiger partial charge >= 0.3 is 0 Å². The lowest BCUT2D eigenvalue weighted by molar-refractivity contribution is 0.0826. The average molecular weight is 248 g/mol. The maximum absolute atomic E-state index is 11.6. The van der Waals surface area contributed by atoms with Gasteiger partial charge in [0.1, 0.15) is 0 Å². The summed E-state index contributed by atoms with van der Waals surface area (Å²) in [7, 11) is -1.19. The monoisotopic (exact) mass is 248 g/mol. The highest BCUT2D eigenvalue weighted by atomic mass is 32.2. The summed E-state index contributed by atoms with van der Waals surface area (Å²) in [5, 5.41) is 0. The third-order valence-corrected chi connectivity index (χ3v) is 5.70. The Bertz CT molecular complexity index is 357. The van der Waals surface area contributed by atoms with E-state index in [9.17, 15) is 8.42 Å². The van der Waals surface area contributed by atoms with Gasteiger partial charge in [-0.2, -0.15) is 0 Å². The third-order valence-electron chi connectivity index (χ3n) is 3.90. The van der Waals surface area contributed by atoms with Crippen LogP contribution in [0.2, 0.25) is 0 Å². The van der Waals surface area contributed by atoms with Gasteiger partial charge in [0.15, 0.2) is 9.84 Å². The van der Waals surface area contributed by atoms with Gasteiger partial charge in [0.05, 0.1) is 17.6 Å². The molecular formula is C10H20N2O3S. The van der Waals surface area contributed by atoms with Gasteiger partial charge in [-0.05, 0) is 12.8 Å². The van der Waals surface area contributed by atoms with Crippen molar-refractivity contribution in [2.24, 2.45) is 5.73 Å². The molecule has 16 heavy (non-hydrogen) atoms. The molecule has 0 amide bonds. The van der Waals surface area contributed by atoms with E-state index in [-0.39, 0.29) is 23.1 Å². The van der Waals surface area contributed by atoms with Crippen LogP contribution in [0.1, 0.15) is 12.8 Å². The molecular weight excluding hydrogens is 228 g/mol. The minimum atomic E-state index is -2.89. The summed E-state index contributed by atoms with van der Waals surface area (Å²) in [5.41, 5.74) is 5.48. The lowest BCUT2D eigenvalue weighted by Gasteiger charge is -2.36. The zero-order chi connectivity index (χ0) is 11.8. The van der Waals surface area contributed by atoms with Crippen molar-refractivity contribution in [2.75, 3.05) is 38.2 Å². The molecule has 2 saturated heterocycles. The molecule has 0 radical (unpaired) electrons. The number of nitrogens with zero attached hydrogens (tertiary/aromatic N) is 1. The van der Waals surface area contributed by atoms with Gasteiger partial charge in [-0.25, -0.2) is 8.42 Å². The Morgan fingerprint density at radius 2 is 2.31 bits per heavy atom. The Morgan fingerprint density at radius 3 is 2.75 bits per heavy atom. The van der Waals surface area contributed by atoms with Gasteiger partial charge in [-0.3, -0.25) is 4.90 Å². The molecule has 2 atom stereocenters. The van der Waals surface area contributed by atoms with Crippen LogP contribution in [0.4, 0.5) is 0 Å². The van der Waals surface area contributed by atoms with Crippen LogP contribution in [-0.4, -0.2) is 63.2 Å².